The van der Waals surface area contributed by atoms with Gasteiger partial charge in [-0.15, -0.1) is 0 Å². The minimum Gasteiger partial charge on any atom is -0.289 e. The molecule has 0 aromatic heterocycles. The first-order valence-electron chi connectivity index (χ1n) is 5.69. The van der Waals surface area contributed by atoms with E-state index in [9.17, 15) is 18.0 Å². The average molecular weight is 315 g/mol. The maximum atomic E-state index is 12.3. The fraction of sp³-hybridized carbons (Fsp3) is 0. The Morgan fingerprint density at radius 3 is 1.76 bits per heavy atom. The van der Waals surface area contributed by atoms with Crippen molar-refractivity contribution >= 4 is 39.0 Å². The molecule has 7 heteroatoms. The van der Waals surface area contributed by atoms with Crippen molar-refractivity contribution in [1.82, 2.24) is 0 Å². The molecule has 0 saturated carbocycles. The molecule has 0 fully saturated rings. The Morgan fingerprint density at radius 1 is 0.762 bits per heavy atom. The van der Waals surface area contributed by atoms with Gasteiger partial charge in [-0.25, -0.2) is 0 Å². The van der Waals surface area contributed by atoms with Crippen molar-refractivity contribution in [3.63, 3.8) is 0 Å². The smallest absolute Gasteiger partial charge is 0.289 e. The number of carbonyl (C=O) groups is 2. The van der Waals surface area contributed by atoms with Gasteiger partial charge in [0.25, 0.3) is 10.1 Å². The summed E-state index contributed by atoms with van der Waals surface area (Å²) in [4.78, 5) is 24.1. The zero-order valence-corrected chi connectivity index (χ0v) is 12.6. The molecule has 0 heterocycles. The molecule has 3 radical (unpaired) electrons. The van der Waals surface area contributed by atoms with E-state index in [2.05, 4.69) is 0 Å². The summed E-state index contributed by atoms with van der Waals surface area (Å²) in [6, 6.07) is 9.72. The molecule has 0 aliphatic heterocycles. The van der Waals surface area contributed by atoms with Crippen LogP contribution >= 0.6 is 0 Å². The summed E-state index contributed by atoms with van der Waals surface area (Å²) >= 11 is 0. The van der Waals surface area contributed by atoms with Gasteiger partial charge in [0.05, 0.1) is 4.90 Å². The van der Waals surface area contributed by atoms with Gasteiger partial charge in [0.2, 0.25) is 0 Å². The minimum atomic E-state index is -4.42. The first-order valence-corrected chi connectivity index (χ1v) is 7.13. The first kappa shape index (κ1) is 15.6. The van der Waals surface area contributed by atoms with Crippen molar-refractivity contribution in [2.24, 2.45) is 0 Å². The van der Waals surface area contributed by atoms with Crippen LogP contribution in [0.4, 0.5) is 0 Å². The van der Waals surface area contributed by atoms with Gasteiger partial charge < -0.3 is 0 Å². The van der Waals surface area contributed by atoms with E-state index in [0.29, 0.717) is 5.56 Å². The van der Waals surface area contributed by atoms with Crippen LogP contribution in [0, 0.1) is 0 Å². The van der Waals surface area contributed by atoms with Crippen LogP contribution in [0.15, 0.2) is 47.4 Å². The molecular formula is C14H8AlO5S. The van der Waals surface area contributed by atoms with Crippen LogP contribution in [0.5, 0.6) is 0 Å². The highest BCUT2D eigenvalue weighted by Crippen LogP contribution is 2.28. The number of fused-ring (bicyclic) bond motifs is 2. The fourth-order valence-electron chi connectivity index (χ4n) is 2.24. The molecular weight excluding hydrogens is 307 g/mol. The number of carbonyl (C=O) groups excluding carboxylic acids is 2. The molecule has 3 rings (SSSR count). The van der Waals surface area contributed by atoms with Crippen molar-refractivity contribution in [1.29, 1.82) is 0 Å². The van der Waals surface area contributed by atoms with Crippen LogP contribution in [0.1, 0.15) is 31.8 Å². The van der Waals surface area contributed by atoms with Crippen LogP contribution in [0.3, 0.4) is 0 Å². The highest BCUT2D eigenvalue weighted by Gasteiger charge is 2.30. The van der Waals surface area contributed by atoms with Gasteiger partial charge in [-0.2, -0.15) is 8.42 Å². The number of rotatable bonds is 1. The largest absolute Gasteiger partial charge is 0.294 e. The van der Waals surface area contributed by atoms with Gasteiger partial charge in [-0.05, 0) is 18.2 Å². The lowest BCUT2D eigenvalue weighted by molar-refractivity contribution is 0.0979. The van der Waals surface area contributed by atoms with Crippen molar-refractivity contribution in [2.75, 3.05) is 0 Å². The van der Waals surface area contributed by atoms with Gasteiger partial charge in [0, 0.05) is 39.6 Å². The van der Waals surface area contributed by atoms with Crippen LogP contribution in [0.2, 0.25) is 0 Å². The van der Waals surface area contributed by atoms with E-state index >= 15 is 0 Å². The Bertz CT molecular complexity index is 871. The molecule has 0 saturated heterocycles. The molecule has 0 bridgehead atoms. The Kier molecular flexibility index (Phi) is 3.87. The summed E-state index contributed by atoms with van der Waals surface area (Å²) in [5, 5.41) is 0. The number of hydrogen-bond donors (Lipinski definition) is 1. The van der Waals surface area contributed by atoms with Crippen LogP contribution < -0.4 is 0 Å². The third kappa shape index (κ3) is 2.45. The quantitative estimate of drug-likeness (QED) is 0.540. The fourth-order valence-corrected chi connectivity index (χ4v) is 2.75. The topological polar surface area (TPSA) is 88.5 Å². The first-order chi connectivity index (χ1) is 9.39. The zero-order valence-electron chi connectivity index (χ0n) is 10.6. The molecule has 0 atom stereocenters. The summed E-state index contributed by atoms with van der Waals surface area (Å²) in [5.41, 5.74) is 0.659. The maximum Gasteiger partial charge on any atom is 0.294 e. The Labute approximate surface area is 131 Å². The second-order valence-corrected chi connectivity index (χ2v) is 5.81. The lowest BCUT2D eigenvalue weighted by Gasteiger charge is -2.17. The molecule has 1 aliphatic carbocycles. The number of ketones is 2. The molecule has 21 heavy (non-hydrogen) atoms. The molecule has 1 N–H and O–H groups in total. The van der Waals surface area contributed by atoms with Crippen LogP contribution in [-0.2, 0) is 10.1 Å². The summed E-state index contributed by atoms with van der Waals surface area (Å²) < 4.78 is 31.2. The summed E-state index contributed by atoms with van der Waals surface area (Å²) in [6.45, 7) is 0. The normalized spacial score (nSPS) is 13.2. The van der Waals surface area contributed by atoms with Gasteiger partial charge in [-0.3, -0.25) is 14.1 Å². The lowest BCUT2D eigenvalue weighted by atomic mass is 9.84. The molecule has 0 amide bonds. The SMILES string of the molecule is O=C1c2ccccc2C(=O)c2cc(S(=O)(=O)O)ccc21.[Al]. The predicted molar refractivity (Wildman–Crippen MR) is 75.3 cm³/mol. The van der Waals surface area contributed by atoms with Crippen molar-refractivity contribution < 1.29 is 22.6 Å². The number of hydrogen-bond acceptors (Lipinski definition) is 4. The highest BCUT2D eigenvalue weighted by atomic mass is 32.2. The molecule has 0 spiro atoms. The lowest BCUT2D eigenvalue weighted by Crippen LogP contribution is -2.21. The zero-order chi connectivity index (χ0) is 14.5. The van der Waals surface area contributed by atoms with E-state index in [1.54, 1.807) is 18.2 Å². The van der Waals surface area contributed by atoms with Gasteiger partial charge in [-0.1, -0.05) is 24.3 Å². The molecule has 0 unspecified atom stereocenters. The molecule has 2 aromatic carbocycles. The maximum absolute atomic E-state index is 12.3. The van der Waals surface area contributed by atoms with E-state index in [1.165, 1.54) is 12.1 Å². The third-order valence-electron chi connectivity index (χ3n) is 3.19. The standard InChI is InChI=1S/C14H8O5S.Al/c15-13-9-3-1-2-4-10(9)14(16)12-7-8(20(17,18)19)5-6-11(12)13;/h1-7H,(H,17,18,19);. The third-order valence-corrected chi connectivity index (χ3v) is 4.04. The van der Waals surface area contributed by atoms with E-state index < -0.39 is 20.8 Å². The molecule has 5 nitrogen and oxygen atoms in total. The Morgan fingerprint density at radius 2 is 1.24 bits per heavy atom. The van der Waals surface area contributed by atoms with E-state index in [1.807, 2.05) is 0 Å². The van der Waals surface area contributed by atoms with E-state index in [4.69, 9.17) is 4.55 Å². The number of benzene rings is 2. The summed E-state index contributed by atoms with van der Waals surface area (Å²) in [5.74, 6) is -0.766. The van der Waals surface area contributed by atoms with Crippen molar-refractivity contribution in [3.8, 4) is 0 Å². The summed E-state index contributed by atoms with van der Waals surface area (Å²) in [7, 11) is -4.42. The second kappa shape index (κ2) is 5.21. The average Bonchev–Trinajstić information content (AvgIpc) is 2.43. The molecule has 103 valence electrons. The predicted octanol–water partition coefficient (Wildman–Crippen LogP) is 1.33. The van der Waals surface area contributed by atoms with Crippen LogP contribution in [0.25, 0.3) is 0 Å². The molecule has 1 aliphatic rings. The Balaban J connectivity index is 0.00000161. The minimum absolute atomic E-state index is 0. The van der Waals surface area contributed by atoms with Gasteiger partial charge in [0.1, 0.15) is 0 Å². The van der Waals surface area contributed by atoms with E-state index in [0.717, 1.165) is 12.1 Å². The summed E-state index contributed by atoms with van der Waals surface area (Å²) in [6.07, 6.45) is 0. The van der Waals surface area contributed by atoms with E-state index in [-0.39, 0.29) is 39.8 Å². The van der Waals surface area contributed by atoms with Gasteiger partial charge in [0.15, 0.2) is 11.6 Å². The second-order valence-electron chi connectivity index (χ2n) is 4.39. The van der Waals surface area contributed by atoms with Crippen LogP contribution in [-0.4, -0.2) is 41.9 Å². The Hall–Kier alpha value is -1.78. The molecule has 2 aromatic rings. The van der Waals surface area contributed by atoms with Gasteiger partial charge >= 0.3 is 0 Å². The van der Waals surface area contributed by atoms with Crippen molar-refractivity contribution in [3.05, 3.63) is 64.7 Å². The highest BCUT2D eigenvalue weighted by molar-refractivity contribution is 7.85. The van der Waals surface area contributed by atoms with Crippen molar-refractivity contribution in [2.45, 2.75) is 4.90 Å². The monoisotopic (exact) mass is 315 g/mol.